The van der Waals surface area contributed by atoms with Crippen LogP contribution in [0.25, 0.3) is 0 Å². The van der Waals surface area contributed by atoms with E-state index in [-0.39, 0.29) is 12.4 Å². The lowest BCUT2D eigenvalue weighted by atomic mass is 9.81. The zero-order valence-corrected chi connectivity index (χ0v) is 14.7. The van der Waals surface area contributed by atoms with Crippen LogP contribution in [-0.4, -0.2) is 19.8 Å². The summed E-state index contributed by atoms with van der Waals surface area (Å²) in [6.45, 7) is 0.456. The molecule has 26 heavy (non-hydrogen) atoms. The highest BCUT2D eigenvalue weighted by Gasteiger charge is 2.48. The number of hydrogen-bond acceptors (Lipinski definition) is 3. The Balaban J connectivity index is 1.75. The van der Waals surface area contributed by atoms with Gasteiger partial charge in [-0.1, -0.05) is 91.0 Å². The van der Waals surface area contributed by atoms with Gasteiger partial charge in [0.1, 0.15) is 11.7 Å². The van der Waals surface area contributed by atoms with Crippen molar-refractivity contribution in [1.82, 2.24) is 0 Å². The minimum atomic E-state index is -0.730. The molecule has 3 heteroatoms. The Labute approximate surface area is 154 Å². The van der Waals surface area contributed by atoms with Gasteiger partial charge in [-0.05, 0) is 11.1 Å². The third-order valence-electron chi connectivity index (χ3n) is 4.94. The third kappa shape index (κ3) is 2.95. The molecule has 1 heterocycles. The molecule has 0 saturated carbocycles. The summed E-state index contributed by atoms with van der Waals surface area (Å²) in [6, 6.07) is 30.4. The van der Waals surface area contributed by atoms with Gasteiger partial charge in [0.05, 0.1) is 6.61 Å². The predicted molar refractivity (Wildman–Crippen MR) is 101 cm³/mol. The highest BCUT2D eigenvalue weighted by Crippen LogP contribution is 2.43. The second-order valence-electron chi connectivity index (χ2n) is 6.37. The third-order valence-corrected chi connectivity index (χ3v) is 4.94. The monoisotopic (exact) mass is 346 g/mol. The molecule has 1 fully saturated rings. The van der Waals surface area contributed by atoms with E-state index in [1.807, 2.05) is 66.7 Å². The largest absolute Gasteiger partial charge is 0.366 e. The fourth-order valence-electron chi connectivity index (χ4n) is 3.68. The van der Waals surface area contributed by atoms with Crippen LogP contribution in [0.1, 0.15) is 23.0 Å². The van der Waals surface area contributed by atoms with Gasteiger partial charge in [0.25, 0.3) is 0 Å². The fraction of sp³-hybridized carbons (Fsp3) is 0.217. The molecule has 4 rings (SSSR count). The summed E-state index contributed by atoms with van der Waals surface area (Å²) < 4.78 is 18.5. The molecule has 0 spiro atoms. The summed E-state index contributed by atoms with van der Waals surface area (Å²) in [4.78, 5) is 0. The lowest BCUT2D eigenvalue weighted by molar-refractivity contribution is -0.122. The SMILES string of the molecule is COC(c1ccccc1)(c1ccccc1)C1COC(c2ccccc2)O1. The van der Waals surface area contributed by atoms with Crippen LogP contribution in [0.4, 0.5) is 0 Å². The molecule has 1 aliphatic heterocycles. The smallest absolute Gasteiger partial charge is 0.184 e. The van der Waals surface area contributed by atoms with Crippen LogP contribution in [0.2, 0.25) is 0 Å². The van der Waals surface area contributed by atoms with Gasteiger partial charge in [-0.3, -0.25) is 0 Å². The normalized spacial score (nSPS) is 20.2. The Morgan fingerprint density at radius 2 is 1.27 bits per heavy atom. The number of ether oxygens (including phenoxy) is 3. The van der Waals surface area contributed by atoms with Gasteiger partial charge < -0.3 is 14.2 Å². The van der Waals surface area contributed by atoms with Crippen molar-refractivity contribution in [1.29, 1.82) is 0 Å². The van der Waals surface area contributed by atoms with Gasteiger partial charge in [0.15, 0.2) is 6.29 Å². The van der Waals surface area contributed by atoms with Crippen LogP contribution in [0.3, 0.4) is 0 Å². The van der Waals surface area contributed by atoms with Crippen LogP contribution < -0.4 is 0 Å². The molecule has 2 unspecified atom stereocenters. The van der Waals surface area contributed by atoms with Crippen LogP contribution in [0.15, 0.2) is 91.0 Å². The van der Waals surface area contributed by atoms with E-state index < -0.39 is 5.60 Å². The van der Waals surface area contributed by atoms with Crippen molar-refractivity contribution in [2.45, 2.75) is 18.0 Å². The minimum Gasteiger partial charge on any atom is -0.366 e. The van der Waals surface area contributed by atoms with Crippen molar-refractivity contribution in [3.63, 3.8) is 0 Å². The molecule has 3 aromatic rings. The molecule has 0 amide bonds. The maximum Gasteiger partial charge on any atom is 0.184 e. The summed E-state index contributed by atoms with van der Waals surface area (Å²) in [5, 5.41) is 0. The zero-order valence-electron chi connectivity index (χ0n) is 14.7. The van der Waals surface area contributed by atoms with Gasteiger partial charge in [-0.15, -0.1) is 0 Å². The lowest BCUT2D eigenvalue weighted by Crippen LogP contribution is -2.44. The minimum absolute atomic E-state index is 0.262. The molecule has 2 atom stereocenters. The summed E-state index contributed by atoms with van der Waals surface area (Å²) in [6.07, 6.45) is -0.648. The average Bonchev–Trinajstić information content (AvgIpc) is 3.22. The first-order valence-corrected chi connectivity index (χ1v) is 8.83. The van der Waals surface area contributed by atoms with Crippen molar-refractivity contribution in [3.8, 4) is 0 Å². The molecule has 0 N–H and O–H groups in total. The quantitative estimate of drug-likeness (QED) is 0.671. The second kappa shape index (κ2) is 7.42. The second-order valence-corrected chi connectivity index (χ2v) is 6.37. The van der Waals surface area contributed by atoms with Crippen LogP contribution in [0.5, 0.6) is 0 Å². The molecule has 3 nitrogen and oxygen atoms in total. The van der Waals surface area contributed by atoms with Crippen LogP contribution >= 0.6 is 0 Å². The summed E-state index contributed by atoms with van der Waals surface area (Å²) in [5.74, 6) is 0. The Bertz CT molecular complexity index is 778. The molecular weight excluding hydrogens is 324 g/mol. The molecule has 0 radical (unpaired) electrons. The first-order valence-electron chi connectivity index (χ1n) is 8.83. The maximum absolute atomic E-state index is 6.37. The average molecular weight is 346 g/mol. The van der Waals surface area contributed by atoms with E-state index in [1.165, 1.54) is 0 Å². The molecule has 1 aliphatic rings. The number of rotatable bonds is 5. The van der Waals surface area contributed by atoms with Gasteiger partial charge >= 0.3 is 0 Å². The number of hydrogen-bond donors (Lipinski definition) is 0. The predicted octanol–water partition coefficient (Wildman–Crippen LogP) is 4.69. The van der Waals surface area contributed by atoms with E-state index in [0.29, 0.717) is 6.61 Å². The standard InChI is InChI=1S/C23H22O3/c1-24-23(19-13-7-3-8-14-19,20-15-9-4-10-16-20)21-17-25-22(26-21)18-11-5-2-6-12-18/h2-16,21-22H,17H2,1H3. The Morgan fingerprint density at radius 3 is 1.77 bits per heavy atom. The number of methoxy groups -OCH3 is 1. The van der Waals surface area contributed by atoms with E-state index in [9.17, 15) is 0 Å². The molecular formula is C23H22O3. The Kier molecular flexibility index (Phi) is 4.85. The van der Waals surface area contributed by atoms with Crippen molar-refractivity contribution < 1.29 is 14.2 Å². The Hall–Kier alpha value is -2.46. The number of benzene rings is 3. The fourth-order valence-corrected chi connectivity index (χ4v) is 3.68. The van der Waals surface area contributed by atoms with Crippen molar-refractivity contribution in [2.75, 3.05) is 13.7 Å². The van der Waals surface area contributed by atoms with E-state index >= 15 is 0 Å². The first-order chi connectivity index (χ1) is 12.8. The molecule has 1 saturated heterocycles. The molecule has 0 aromatic heterocycles. The summed E-state index contributed by atoms with van der Waals surface area (Å²) in [7, 11) is 1.74. The first kappa shape index (κ1) is 17.0. The van der Waals surface area contributed by atoms with Crippen LogP contribution in [-0.2, 0) is 19.8 Å². The van der Waals surface area contributed by atoms with E-state index in [1.54, 1.807) is 7.11 Å². The Morgan fingerprint density at radius 1 is 0.769 bits per heavy atom. The molecule has 0 bridgehead atoms. The lowest BCUT2D eigenvalue weighted by Gasteiger charge is -2.37. The maximum atomic E-state index is 6.37. The summed E-state index contributed by atoms with van der Waals surface area (Å²) in [5.41, 5.74) is 2.39. The van der Waals surface area contributed by atoms with Gasteiger partial charge in [-0.2, -0.15) is 0 Å². The van der Waals surface area contributed by atoms with Gasteiger partial charge in [0, 0.05) is 12.7 Å². The van der Waals surface area contributed by atoms with Gasteiger partial charge in [-0.25, -0.2) is 0 Å². The highest BCUT2D eigenvalue weighted by atomic mass is 16.7. The molecule has 0 aliphatic carbocycles. The van der Waals surface area contributed by atoms with E-state index in [0.717, 1.165) is 16.7 Å². The highest BCUT2D eigenvalue weighted by molar-refractivity contribution is 5.38. The van der Waals surface area contributed by atoms with Crippen molar-refractivity contribution >= 4 is 0 Å². The molecule has 132 valence electrons. The summed E-state index contributed by atoms with van der Waals surface area (Å²) >= 11 is 0. The van der Waals surface area contributed by atoms with E-state index in [2.05, 4.69) is 24.3 Å². The van der Waals surface area contributed by atoms with Crippen molar-refractivity contribution in [3.05, 3.63) is 108 Å². The van der Waals surface area contributed by atoms with Crippen molar-refractivity contribution in [2.24, 2.45) is 0 Å². The molecule has 3 aromatic carbocycles. The zero-order chi connectivity index (χ0) is 17.8. The topological polar surface area (TPSA) is 27.7 Å². The van der Waals surface area contributed by atoms with E-state index in [4.69, 9.17) is 14.2 Å². The van der Waals surface area contributed by atoms with Crippen LogP contribution in [0, 0.1) is 0 Å². The van der Waals surface area contributed by atoms with Gasteiger partial charge in [0.2, 0.25) is 0 Å².